The van der Waals surface area contributed by atoms with Crippen LogP contribution in [0.3, 0.4) is 0 Å². The highest BCUT2D eigenvalue weighted by Gasteiger charge is 2.23. The van der Waals surface area contributed by atoms with Gasteiger partial charge >= 0.3 is 0 Å². The molecule has 0 aliphatic rings. The fourth-order valence-electron chi connectivity index (χ4n) is 1.55. The second-order valence-corrected chi connectivity index (χ2v) is 4.03. The fraction of sp³-hybridized carbons (Fsp3) is 1.00. The molecule has 0 spiro atoms. The third kappa shape index (κ3) is 6.43. The van der Waals surface area contributed by atoms with Gasteiger partial charge in [-0.05, 0) is 25.8 Å². The lowest BCUT2D eigenvalue weighted by Gasteiger charge is -2.30. The van der Waals surface area contributed by atoms with Crippen LogP contribution >= 0.6 is 0 Å². The van der Waals surface area contributed by atoms with Crippen molar-refractivity contribution in [2.45, 2.75) is 38.6 Å². The topological polar surface area (TPSA) is 50.7 Å². The van der Waals surface area contributed by atoms with E-state index in [1.807, 2.05) is 0 Å². The molecule has 0 heterocycles. The summed E-state index contributed by atoms with van der Waals surface area (Å²) in [5.74, 6) is 0. The molecule has 0 aromatic carbocycles. The summed E-state index contributed by atoms with van der Waals surface area (Å²) in [5, 5.41) is 12.8. The molecule has 0 fully saturated rings. The third-order valence-corrected chi connectivity index (χ3v) is 3.05. The highest BCUT2D eigenvalue weighted by atomic mass is 16.5. The van der Waals surface area contributed by atoms with Crippen LogP contribution in [0.15, 0.2) is 0 Å². The summed E-state index contributed by atoms with van der Waals surface area (Å²) in [6.45, 7) is 7.33. The summed E-state index contributed by atoms with van der Waals surface area (Å²) in [4.78, 5) is 0. The predicted molar refractivity (Wildman–Crippen MR) is 65.7 cm³/mol. The first-order chi connectivity index (χ1) is 7.74. The van der Waals surface area contributed by atoms with Gasteiger partial charge in [-0.15, -0.1) is 0 Å². The Balaban J connectivity index is 3.48. The minimum absolute atomic E-state index is 0.105. The van der Waals surface area contributed by atoms with Gasteiger partial charge < -0.3 is 19.9 Å². The molecule has 0 rings (SSSR count). The summed E-state index contributed by atoms with van der Waals surface area (Å²) < 4.78 is 10.2. The van der Waals surface area contributed by atoms with Gasteiger partial charge in [0.2, 0.25) is 0 Å². The van der Waals surface area contributed by atoms with Crippen LogP contribution in [0, 0.1) is 0 Å². The Morgan fingerprint density at radius 3 is 2.31 bits per heavy atom. The van der Waals surface area contributed by atoms with Gasteiger partial charge in [0.1, 0.15) is 0 Å². The van der Waals surface area contributed by atoms with Crippen molar-refractivity contribution in [1.82, 2.24) is 5.32 Å². The number of aliphatic hydroxyl groups excluding tert-OH is 1. The van der Waals surface area contributed by atoms with Crippen LogP contribution in [0.5, 0.6) is 0 Å². The second-order valence-electron chi connectivity index (χ2n) is 4.03. The second kappa shape index (κ2) is 10.0. The maximum Gasteiger partial charge on any atom is 0.0700 e. The van der Waals surface area contributed by atoms with Crippen LogP contribution in [0.1, 0.15) is 33.1 Å². The fourth-order valence-corrected chi connectivity index (χ4v) is 1.55. The first-order valence-electron chi connectivity index (χ1n) is 6.17. The Hall–Kier alpha value is -0.160. The molecule has 0 atom stereocenters. The van der Waals surface area contributed by atoms with E-state index in [4.69, 9.17) is 9.47 Å². The maximum absolute atomic E-state index is 9.34. The zero-order chi connectivity index (χ0) is 12.3. The van der Waals surface area contributed by atoms with Crippen molar-refractivity contribution < 1.29 is 14.6 Å². The molecular formula is C12H27NO3. The van der Waals surface area contributed by atoms with E-state index < -0.39 is 0 Å². The van der Waals surface area contributed by atoms with E-state index in [2.05, 4.69) is 19.2 Å². The molecule has 16 heavy (non-hydrogen) atoms. The summed E-state index contributed by atoms with van der Waals surface area (Å²) in [6, 6.07) is 0. The number of aliphatic hydroxyl groups is 1. The summed E-state index contributed by atoms with van der Waals surface area (Å²) in [7, 11) is 1.67. The van der Waals surface area contributed by atoms with E-state index in [1.54, 1.807) is 7.11 Å². The van der Waals surface area contributed by atoms with E-state index in [1.165, 1.54) is 0 Å². The number of nitrogens with one attached hydrogen (secondary N) is 1. The summed E-state index contributed by atoms with van der Waals surface area (Å²) in [6.07, 6.45) is 2.86. The number of ether oxygens (including phenoxy) is 2. The van der Waals surface area contributed by atoms with Gasteiger partial charge in [-0.3, -0.25) is 0 Å². The average Bonchev–Trinajstić information content (AvgIpc) is 2.34. The Morgan fingerprint density at radius 2 is 1.81 bits per heavy atom. The first kappa shape index (κ1) is 15.8. The van der Waals surface area contributed by atoms with Gasteiger partial charge in [0.05, 0.1) is 19.8 Å². The molecule has 0 aromatic heterocycles. The van der Waals surface area contributed by atoms with Crippen molar-refractivity contribution in [1.29, 1.82) is 0 Å². The Bertz CT molecular complexity index is 141. The number of hydrogen-bond donors (Lipinski definition) is 2. The minimum atomic E-state index is -0.105. The van der Waals surface area contributed by atoms with Crippen molar-refractivity contribution in [3.63, 3.8) is 0 Å². The van der Waals surface area contributed by atoms with Gasteiger partial charge in [0.15, 0.2) is 0 Å². The van der Waals surface area contributed by atoms with Gasteiger partial charge in [-0.25, -0.2) is 0 Å². The minimum Gasteiger partial charge on any atom is -0.394 e. The highest BCUT2D eigenvalue weighted by Crippen LogP contribution is 2.13. The standard InChI is InChI=1S/C12H27NO3/c1-4-12(5-2,11-14)13-7-6-8-16-10-9-15-3/h13-14H,4-11H2,1-3H3. The first-order valence-corrected chi connectivity index (χ1v) is 6.17. The zero-order valence-electron chi connectivity index (χ0n) is 10.9. The third-order valence-electron chi connectivity index (χ3n) is 3.05. The van der Waals surface area contributed by atoms with E-state index >= 15 is 0 Å². The van der Waals surface area contributed by atoms with E-state index in [9.17, 15) is 5.11 Å². The molecule has 0 saturated carbocycles. The van der Waals surface area contributed by atoms with Gasteiger partial charge in [-0.2, -0.15) is 0 Å². The zero-order valence-corrected chi connectivity index (χ0v) is 10.9. The molecule has 4 nitrogen and oxygen atoms in total. The molecule has 0 aliphatic heterocycles. The molecule has 4 heteroatoms. The summed E-state index contributed by atoms with van der Waals surface area (Å²) >= 11 is 0. The van der Waals surface area contributed by atoms with Crippen molar-refractivity contribution in [2.75, 3.05) is 40.1 Å². The van der Waals surface area contributed by atoms with E-state index in [0.717, 1.165) is 32.4 Å². The maximum atomic E-state index is 9.34. The lowest BCUT2D eigenvalue weighted by Crippen LogP contribution is -2.48. The van der Waals surface area contributed by atoms with Crippen LogP contribution in [0.4, 0.5) is 0 Å². The monoisotopic (exact) mass is 233 g/mol. The summed E-state index contributed by atoms with van der Waals surface area (Å²) in [5.41, 5.74) is -0.105. The van der Waals surface area contributed by atoms with Gasteiger partial charge in [0.25, 0.3) is 0 Å². The van der Waals surface area contributed by atoms with Crippen molar-refractivity contribution in [2.24, 2.45) is 0 Å². The molecule has 0 radical (unpaired) electrons. The van der Waals surface area contributed by atoms with E-state index in [0.29, 0.717) is 13.2 Å². The molecule has 0 unspecified atom stereocenters. The lowest BCUT2D eigenvalue weighted by molar-refractivity contribution is 0.0672. The Morgan fingerprint density at radius 1 is 1.12 bits per heavy atom. The quantitative estimate of drug-likeness (QED) is 0.526. The van der Waals surface area contributed by atoms with Crippen LogP contribution in [0.2, 0.25) is 0 Å². The molecule has 0 saturated heterocycles. The molecule has 0 amide bonds. The number of hydrogen-bond acceptors (Lipinski definition) is 4. The number of methoxy groups -OCH3 is 1. The van der Waals surface area contributed by atoms with Crippen LogP contribution < -0.4 is 5.32 Å². The van der Waals surface area contributed by atoms with Gasteiger partial charge in [-0.1, -0.05) is 13.8 Å². The predicted octanol–water partition coefficient (Wildman–Crippen LogP) is 1.18. The van der Waals surface area contributed by atoms with Crippen molar-refractivity contribution in [3.8, 4) is 0 Å². The normalized spacial score (nSPS) is 12.0. The van der Waals surface area contributed by atoms with Crippen LogP contribution in [-0.4, -0.2) is 50.7 Å². The average molecular weight is 233 g/mol. The molecule has 98 valence electrons. The largest absolute Gasteiger partial charge is 0.394 e. The SMILES string of the molecule is CCC(CC)(CO)NCCCOCCOC. The lowest BCUT2D eigenvalue weighted by atomic mass is 9.94. The molecule has 0 aromatic rings. The highest BCUT2D eigenvalue weighted by molar-refractivity contribution is 4.84. The molecular weight excluding hydrogens is 206 g/mol. The molecule has 0 aliphatic carbocycles. The van der Waals surface area contributed by atoms with Crippen LogP contribution in [-0.2, 0) is 9.47 Å². The Labute approximate surface area is 99.3 Å². The van der Waals surface area contributed by atoms with Crippen molar-refractivity contribution >= 4 is 0 Å². The Kier molecular flexibility index (Phi) is 9.92. The van der Waals surface area contributed by atoms with E-state index in [-0.39, 0.29) is 12.1 Å². The number of rotatable bonds is 11. The van der Waals surface area contributed by atoms with Crippen molar-refractivity contribution in [3.05, 3.63) is 0 Å². The molecule has 2 N–H and O–H groups in total. The van der Waals surface area contributed by atoms with Gasteiger partial charge in [0, 0.05) is 19.3 Å². The molecule has 0 bridgehead atoms. The van der Waals surface area contributed by atoms with Crippen LogP contribution in [0.25, 0.3) is 0 Å². The smallest absolute Gasteiger partial charge is 0.0700 e.